The average molecular weight is 462 g/mol. The molecule has 2 aromatic carbocycles. The number of carboxylic acid groups (broad SMARTS) is 1. The zero-order chi connectivity index (χ0) is 23.4. The molecule has 0 radical (unpaired) electrons. The zero-order valence-corrected chi connectivity index (χ0v) is 18.3. The topological polar surface area (TPSA) is 97.8 Å². The molecule has 1 saturated heterocycles. The van der Waals surface area contributed by atoms with Crippen molar-refractivity contribution in [2.45, 2.75) is 0 Å². The van der Waals surface area contributed by atoms with Gasteiger partial charge in [-0.15, -0.1) is 0 Å². The minimum atomic E-state index is -1.08. The molecule has 1 fully saturated rings. The van der Waals surface area contributed by atoms with Crippen LogP contribution in [0.25, 0.3) is 17.4 Å². The first-order valence-corrected chi connectivity index (χ1v) is 10.7. The SMILES string of the molecule is N#C/C(=C/c1ccc(-c2cc(C(=O)O)ccc2Cl)o1)C(=O)N1CCN(c2ccccc2)CC1. The highest BCUT2D eigenvalue weighted by molar-refractivity contribution is 6.33. The van der Waals surface area contributed by atoms with E-state index >= 15 is 0 Å². The Morgan fingerprint density at radius 2 is 1.76 bits per heavy atom. The molecule has 1 aliphatic rings. The number of rotatable bonds is 5. The van der Waals surface area contributed by atoms with Crippen LogP contribution in [0.4, 0.5) is 5.69 Å². The number of carbonyl (C=O) groups is 2. The van der Waals surface area contributed by atoms with Gasteiger partial charge in [0.2, 0.25) is 0 Å². The lowest BCUT2D eigenvalue weighted by molar-refractivity contribution is -0.126. The van der Waals surface area contributed by atoms with Crippen molar-refractivity contribution in [3.05, 3.63) is 82.6 Å². The predicted molar refractivity (Wildman–Crippen MR) is 125 cm³/mol. The summed E-state index contributed by atoms with van der Waals surface area (Å²) in [5.41, 5.74) is 1.56. The molecule has 1 aliphatic heterocycles. The lowest BCUT2D eigenvalue weighted by Gasteiger charge is -2.36. The van der Waals surface area contributed by atoms with E-state index in [0.29, 0.717) is 48.3 Å². The summed E-state index contributed by atoms with van der Waals surface area (Å²) in [5.74, 6) is -0.788. The van der Waals surface area contributed by atoms with Gasteiger partial charge < -0.3 is 19.3 Å². The number of hydrogen-bond donors (Lipinski definition) is 1. The summed E-state index contributed by atoms with van der Waals surface area (Å²) in [6.07, 6.45) is 1.39. The van der Waals surface area contributed by atoms with Crippen LogP contribution in [-0.4, -0.2) is 48.1 Å². The second kappa shape index (κ2) is 9.63. The summed E-state index contributed by atoms with van der Waals surface area (Å²) in [4.78, 5) is 28.0. The molecule has 0 spiro atoms. The molecule has 7 nitrogen and oxygen atoms in total. The molecule has 1 N–H and O–H groups in total. The van der Waals surface area contributed by atoms with Crippen LogP contribution in [0.3, 0.4) is 0 Å². The molecule has 8 heteroatoms. The Labute approximate surface area is 195 Å². The van der Waals surface area contributed by atoms with Crippen molar-refractivity contribution < 1.29 is 19.1 Å². The Morgan fingerprint density at radius 1 is 1.03 bits per heavy atom. The number of aromatic carboxylic acids is 1. The number of anilines is 1. The smallest absolute Gasteiger partial charge is 0.335 e. The molecule has 0 atom stereocenters. The summed E-state index contributed by atoms with van der Waals surface area (Å²) in [5, 5.41) is 19.1. The molecule has 0 bridgehead atoms. The van der Waals surface area contributed by atoms with Gasteiger partial charge in [0.1, 0.15) is 23.2 Å². The van der Waals surface area contributed by atoms with Gasteiger partial charge in [-0.3, -0.25) is 4.79 Å². The van der Waals surface area contributed by atoms with Crippen molar-refractivity contribution >= 4 is 35.2 Å². The van der Waals surface area contributed by atoms with E-state index in [1.165, 1.54) is 24.3 Å². The van der Waals surface area contributed by atoms with Crippen molar-refractivity contribution in [1.29, 1.82) is 5.26 Å². The fraction of sp³-hybridized carbons (Fsp3) is 0.160. The van der Waals surface area contributed by atoms with Gasteiger partial charge in [0.05, 0.1) is 10.6 Å². The van der Waals surface area contributed by atoms with Crippen LogP contribution < -0.4 is 4.90 Å². The highest BCUT2D eigenvalue weighted by Crippen LogP contribution is 2.31. The van der Waals surface area contributed by atoms with Crippen molar-refractivity contribution in [3.8, 4) is 17.4 Å². The van der Waals surface area contributed by atoms with E-state index in [2.05, 4.69) is 4.90 Å². The van der Waals surface area contributed by atoms with Crippen LogP contribution in [-0.2, 0) is 4.79 Å². The largest absolute Gasteiger partial charge is 0.478 e. The standard InChI is InChI=1S/C25H20ClN3O4/c26-22-8-6-17(25(31)32)15-21(22)23-9-7-20(33-23)14-18(16-27)24(30)29-12-10-28(11-13-29)19-4-2-1-3-5-19/h1-9,14-15H,10-13H2,(H,31,32)/b18-14-. The van der Waals surface area contributed by atoms with Gasteiger partial charge in [-0.05, 0) is 42.5 Å². The summed E-state index contributed by atoms with van der Waals surface area (Å²) in [7, 11) is 0. The second-order valence-corrected chi connectivity index (χ2v) is 7.89. The lowest BCUT2D eigenvalue weighted by Crippen LogP contribution is -2.49. The van der Waals surface area contributed by atoms with Gasteiger partial charge in [0.15, 0.2) is 0 Å². The number of para-hydroxylation sites is 1. The number of benzene rings is 2. The Hall–Kier alpha value is -4.02. The maximum atomic E-state index is 12.9. The Bertz CT molecular complexity index is 1250. The van der Waals surface area contributed by atoms with Crippen molar-refractivity contribution in [2.24, 2.45) is 0 Å². The molecule has 33 heavy (non-hydrogen) atoms. The number of amides is 1. The molecular weight excluding hydrogens is 442 g/mol. The number of nitriles is 1. The lowest BCUT2D eigenvalue weighted by atomic mass is 10.1. The number of piperazine rings is 1. The third-order valence-corrected chi connectivity index (χ3v) is 5.76. The van der Waals surface area contributed by atoms with E-state index in [9.17, 15) is 20.0 Å². The van der Waals surface area contributed by atoms with Gasteiger partial charge in [-0.25, -0.2) is 4.79 Å². The third kappa shape index (κ3) is 4.92. The van der Waals surface area contributed by atoms with Crippen LogP contribution in [0.15, 0.2) is 70.7 Å². The number of carbonyl (C=O) groups excluding carboxylic acids is 1. The first-order chi connectivity index (χ1) is 16.0. The Morgan fingerprint density at radius 3 is 2.42 bits per heavy atom. The molecular formula is C25H20ClN3O4. The fourth-order valence-electron chi connectivity index (χ4n) is 3.68. The van der Waals surface area contributed by atoms with Gasteiger partial charge in [0, 0.05) is 43.5 Å². The van der Waals surface area contributed by atoms with Gasteiger partial charge >= 0.3 is 5.97 Å². The van der Waals surface area contributed by atoms with Gasteiger partial charge in [0.25, 0.3) is 5.91 Å². The van der Waals surface area contributed by atoms with E-state index in [1.54, 1.807) is 17.0 Å². The summed E-state index contributed by atoms with van der Waals surface area (Å²) in [6, 6.07) is 19.5. The molecule has 0 aliphatic carbocycles. The molecule has 2 heterocycles. The van der Waals surface area contributed by atoms with E-state index < -0.39 is 5.97 Å². The van der Waals surface area contributed by atoms with Crippen molar-refractivity contribution in [3.63, 3.8) is 0 Å². The highest BCUT2D eigenvalue weighted by atomic mass is 35.5. The molecule has 1 aromatic heterocycles. The number of nitrogens with zero attached hydrogens (tertiary/aromatic N) is 3. The van der Waals surface area contributed by atoms with E-state index in [1.807, 2.05) is 36.4 Å². The number of hydrogen-bond acceptors (Lipinski definition) is 5. The number of furan rings is 1. The van der Waals surface area contributed by atoms with Gasteiger partial charge in [-0.1, -0.05) is 29.8 Å². The quantitative estimate of drug-likeness (QED) is 0.442. The molecule has 166 valence electrons. The predicted octanol–water partition coefficient (Wildman–Crippen LogP) is 4.55. The summed E-state index contributed by atoms with van der Waals surface area (Å²) < 4.78 is 5.75. The van der Waals surface area contributed by atoms with Crippen molar-refractivity contribution in [1.82, 2.24) is 4.90 Å². The monoisotopic (exact) mass is 461 g/mol. The first kappa shape index (κ1) is 22.2. The molecule has 1 amide bonds. The van der Waals surface area contributed by atoms with Crippen molar-refractivity contribution in [2.75, 3.05) is 31.1 Å². The maximum absolute atomic E-state index is 12.9. The van der Waals surface area contributed by atoms with Crippen LogP contribution >= 0.6 is 11.6 Å². The maximum Gasteiger partial charge on any atom is 0.335 e. The van der Waals surface area contributed by atoms with Crippen LogP contribution in [0.2, 0.25) is 5.02 Å². The van der Waals surface area contributed by atoms with Crippen LogP contribution in [0.1, 0.15) is 16.1 Å². The Kier molecular flexibility index (Phi) is 6.48. The normalized spacial score (nSPS) is 14.1. The number of carboxylic acids is 1. The fourth-order valence-corrected chi connectivity index (χ4v) is 3.89. The van der Waals surface area contributed by atoms with Crippen LogP contribution in [0.5, 0.6) is 0 Å². The molecule has 3 aromatic rings. The minimum Gasteiger partial charge on any atom is -0.478 e. The minimum absolute atomic E-state index is 0.0329. The molecule has 0 saturated carbocycles. The molecule has 4 rings (SSSR count). The zero-order valence-electron chi connectivity index (χ0n) is 17.6. The summed E-state index contributed by atoms with van der Waals surface area (Å²) >= 11 is 6.20. The average Bonchev–Trinajstić information content (AvgIpc) is 3.31. The van der Waals surface area contributed by atoms with Crippen LogP contribution in [0, 0.1) is 11.3 Å². The first-order valence-electron chi connectivity index (χ1n) is 10.3. The number of halogens is 1. The second-order valence-electron chi connectivity index (χ2n) is 7.49. The van der Waals surface area contributed by atoms with Gasteiger partial charge in [-0.2, -0.15) is 5.26 Å². The van der Waals surface area contributed by atoms with E-state index in [0.717, 1.165) is 5.69 Å². The Balaban J connectivity index is 1.48. The highest BCUT2D eigenvalue weighted by Gasteiger charge is 2.24. The third-order valence-electron chi connectivity index (χ3n) is 5.43. The van der Waals surface area contributed by atoms with E-state index in [4.69, 9.17) is 16.0 Å². The summed E-state index contributed by atoms with van der Waals surface area (Å²) in [6.45, 7) is 2.37. The molecule has 0 unspecified atom stereocenters. The van der Waals surface area contributed by atoms with E-state index in [-0.39, 0.29) is 17.0 Å².